The lowest BCUT2D eigenvalue weighted by molar-refractivity contribution is -0.120. The highest BCUT2D eigenvalue weighted by atomic mass is 16.5. The van der Waals surface area contributed by atoms with E-state index < -0.39 is 0 Å². The first-order chi connectivity index (χ1) is 12.1. The van der Waals surface area contributed by atoms with E-state index in [1.54, 1.807) is 14.2 Å². The van der Waals surface area contributed by atoms with Crippen LogP contribution in [0.3, 0.4) is 0 Å². The van der Waals surface area contributed by atoms with Gasteiger partial charge in [-0.1, -0.05) is 13.0 Å². The Labute approximate surface area is 150 Å². The van der Waals surface area contributed by atoms with Gasteiger partial charge < -0.3 is 25.4 Å². The van der Waals surface area contributed by atoms with E-state index in [0.29, 0.717) is 32.0 Å². The average Bonchev–Trinajstić information content (AvgIpc) is 2.62. The SMILES string of the molecule is CCCNC(=O)CCNC(=NC)NCC(C)Oc1cccc(OC)c1. The Balaban J connectivity index is 2.30. The number of nitrogens with one attached hydrogen (secondary N) is 3. The molecule has 25 heavy (non-hydrogen) atoms. The van der Waals surface area contributed by atoms with Crippen LogP contribution in [0, 0.1) is 0 Å². The maximum Gasteiger partial charge on any atom is 0.221 e. The van der Waals surface area contributed by atoms with Crippen molar-refractivity contribution >= 4 is 11.9 Å². The van der Waals surface area contributed by atoms with Crippen molar-refractivity contribution in [2.45, 2.75) is 32.8 Å². The van der Waals surface area contributed by atoms with Gasteiger partial charge in [0.25, 0.3) is 0 Å². The molecule has 0 spiro atoms. The van der Waals surface area contributed by atoms with E-state index in [1.165, 1.54) is 0 Å². The molecule has 0 radical (unpaired) electrons. The molecule has 0 aliphatic heterocycles. The third-order valence-corrected chi connectivity index (χ3v) is 3.38. The summed E-state index contributed by atoms with van der Waals surface area (Å²) in [7, 11) is 3.32. The summed E-state index contributed by atoms with van der Waals surface area (Å²) in [6.07, 6.45) is 1.29. The fraction of sp³-hybridized carbons (Fsp3) is 0.556. The third-order valence-electron chi connectivity index (χ3n) is 3.38. The maximum atomic E-state index is 11.6. The van der Waals surface area contributed by atoms with Crippen molar-refractivity contribution in [2.75, 3.05) is 33.8 Å². The van der Waals surface area contributed by atoms with Gasteiger partial charge in [-0.3, -0.25) is 9.79 Å². The number of methoxy groups -OCH3 is 1. The van der Waals surface area contributed by atoms with Crippen molar-refractivity contribution < 1.29 is 14.3 Å². The van der Waals surface area contributed by atoms with Gasteiger partial charge in [-0.2, -0.15) is 0 Å². The number of aliphatic imine (C=N–C) groups is 1. The first kappa shape index (κ1) is 20.6. The maximum absolute atomic E-state index is 11.6. The number of amides is 1. The molecule has 140 valence electrons. The number of hydrogen-bond acceptors (Lipinski definition) is 4. The second kappa shape index (κ2) is 12.0. The Morgan fingerprint density at radius 1 is 1.20 bits per heavy atom. The summed E-state index contributed by atoms with van der Waals surface area (Å²) in [4.78, 5) is 15.7. The zero-order valence-corrected chi connectivity index (χ0v) is 15.6. The zero-order valence-electron chi connectivity index (χ0n) is 15.6. The molecule has 0 saturated carbocycles. The van der Waals surface area contributed by atoms with Gasteiger partial charge in [0.2, 0.25) is 5.91 Å². The minimum atomic E-state index is -0.0569. The predicted molar refractivity (Wildman–Crippen MR) is 100 cm³/mol. The van der Waals surface area contributed by atoms with E-state index in [2.05, 4.69) is 20.9 Å². The zero-order chi connectivity index (χ0) is 18.5. The number of carbonyl (C=O) groups excluding carboxylic acids is 1. The minimum Gasteiger partial charge on any atom is -0.497 e. The quantitative estimate of drug-likeness (QED) is 0.440. The van der Waals surface area contributed by atoms with Crippen LogP contribution in [0.1, 0.15) is 26.7 Å². The molecule has 1 amide bonds. The molecule has 3 N–H and O–H groups in total. The summed E-state index contributed by atoms with van der Waals surface area (Å²) >= 11 is 0. The number of ether oxygens (including phenoxy) is 2. The Morgan fingerprint density at radius 3 is 2.64 bits per heavy atom. The van der Waals surface area contributed by atoms with Crippen molar-refractivity contribution in [3.8, 4) is 11.5 Å². The molecule has 1 rings (SSSR count). The number of rotatable bonds is 10. The normalized spacial score (nSPS) is 12.2. The van der Waals surface area contributed by atoms with E-state index in [1.807, 2.05) is 38.1 Å². The van der Waals surface area contributed by atoms with Crippen LogP contribution >= 0.6 is 0 Å². The van der Waals surface area contributed by atoms with Crippen molar-refractivity contribution in [1.82, 2.24) is 16.0 Å². The second-order valence-electron chi connectivity index (χ2n) is 5.59. The predicted octanol–water partition coefficient (Wildman–Crippen LogP) is 1.54. The summed E-state index contributed by atoms with van der Waals surface area (Å²) in [5, 5.41) is 9.14. The molecular formula is C18H30N4O3. The summed E-state index contributed by atoms with van der Waals surface area (Å²) < 4.78 is 11.0. The van der Waals surface area contributed by atoms with E-state index >= 15 is 0 Å². The molecule has 0 aromatic heterocycles. The highest BCUT2D eigenvalue weighted by Gasteiger charge is 2.07. The van der Waals surface area contributed by atoms with Crippen LogP contribution in [0.25, 0.3) is 0 Å². The topological polar surface area (TPSA) is 84.0 Å². The molecule has 0 heterocycles. The number of carbonyl (C=O) groups is 1. The summed E-state index contributed by atoms with van der Waals surface area (Å²) in [6, 6.07) is 7.50. The Kier molecular flexibility index (Phi) is 9.89. The van der Waals surface area contributed by atoms with E-state index in [4.69, 9.17) is 9.47 Å². The Morgan fingerprint density at radius 2 is 1.96 bits per heavy atom. The van der Waals surface area contributed by atoms with E-state index in [0.717, 1.165) is 17.9 Å². The van der Waals surface area contributed by atoms with Crippen LogP contribution in [0.2, 0.25) is 0 Å². The Hall–Kier alpha value is -2.44. The standard InChI is InChI=1S/C18H30N4O3/c1-5-10-20-17(23)9-11-21-18(19-3)22-13-14(2)25-16-8-6-7-15(12-16)24-4/h6-8,12,14H,5,9-11,13H2,1-4H3,(H,20,23)(H2,19,21,22). The monoisotopic (exact) mass is 350 g/mol. The molecule has 1 aromatic carbocycles. The highest BCUT2D eigenvalue weighted by Crippen LogP contribution is 2.19. The first-order valence-electron chi connectivity index (χ1n) is 8.61. The molecule has 0 bridgehead atoms. The van der Waals surface area contributed by atoms with Crippen LogP contribution in [0.15, 0.2) is 29.3 Å². The first-order valence-corrected chi connectivity index (χ1v) is 8.61. The molecule has 1 unspecified atom stereocenters. The lowest BCUT2D eigenvalue weighted by atomic mass is 10.3. The van der Waals surface area contributed by atoms with Crippen molar-refractivity contribution in [1.29, 1.82) is 0 Å². The number of guanidine groups is 1. The van der Waals surface area contributed by atoms with Crippen LogP contribution < -0.4 is 25.4 Å². The summed E-state index contributed by atoms with van der Waals surface area (Å²) in [5.41, 5.74) is 0. The van der Waals surface area contributed by atoms with Crippen molar-refractivity contribution in [2.24, 2.45) is 4.99 Å². The number of nitrogens with zero attached hydrogens (tertiary/aromatic N) is 1. The van der Waals surface area contributed by atoms with Gasteiger partial charge in [0, 0.05) is 32.6 Å². The lowest BCUT2D eigenvalue weighted by Crippen LogP contribution is -2.43. The fourth-order valence-corrected chi connectivity index (χ4v) is 2.06. The molecule has 7 heteroatoms. The summed E-state index contributed by atoms with van der Waals surface area (Å²) in [5.74, 6) is 2.20. The summed E-state index contributed by atoms with van der Waals surface area (Å²) in [6.45, 7) is 5.82. The van der Waals surface area contributed by atoms with Gasteiger partial charge in [0.1, 0.15) is 17.6 Å². The van der Waals surface area contributed by atoms with E-state index in [-0.39, 0.29) is 12.0 Å². The average molecular weight is 350 g/mol. The molecule has 0 fully saturated rings. The van der Waals surface area contributed by atoms with Gasteiger partial charge in [0.05, 0.1) is 13.7 Å². The van der Waals surface area contributed by atoms with Crippen molar-refractivity contribution in [3.63, 3.8) is 0 Å². The van der Waals surface area contributed by atoms with Crippen LogP contribution in [0.4, 0.5) is 0 Å². The smallest absolute Gasteiger partial charge is 0.221 e. The van der Waals surface area contributed by atoms with Gasteiger partial charge in [-0.25, -0.2) is 0 Å². The van der Waals surface area contributed by atoms with Crippen LogP contribution in [-0.2, 0) is 4.79 Å². The minimum absolute atomic E-state index is 0.0412. The van der Waals surface area contributed by atoms with E-state index in [9.17, 15) is 4.79 Å². The van der Waals surface area contributed by atoms with Crippen LogP contribution in [-0.4, -0.2) is 51.8 Å². The second-order valence-corrected chi connectivity index (χ2v) is 5.59. The number of benzene rings is 1. The molecule has 1 aromatic rings. The number of hydrogen-bond donors (Lipinski definition) is 3. The molecule has 0 aliphatic rings. The molecular weight excluding hydrogens is 320 g/mol. The molecule has 1 atom stereocenters. The van der Waals surface area contributed by atoms with Gasteiger partial charge >= 0.3 is 0 Å². The lowest BCUT2D eigenvalue weighted by Gasteiger charge is -2.18. The van der Waals surface area contributed by atoms with Crippen LogP contribution in [0.5, 0.6) is 11.5 Å². The largest absolute Gasteiger partial charge is 0.497 e. The highest BCUT2D eigenvalue weighted by molar-refractivity contribution is 5.81. The molecule has 0 saturated heterocycles. The fourth-order valence-electron chi connectivity index (χ4n) is 2.06. The Bertz CT molecular complexity index is 549. The van der Waals surface area contributed by atoms with Gasteiger partial charge in [0.15, 0.2) is 5.96 Å². The molecule has 0 aliphatic carbocycles. The van der Waals surface area contributed by atoms with Gasteiger partial charge in [-0.15, -0.1) is 0 Å². The van der Waals surface area contributed by atoms with Crippen molar-refractivity contribution in [3.05, 3.63) is 24.3 Å². The molecule has 7 nitrogen and oxygen atoms in total. The van der Waals surface area contributed by atoms with Gasteiger partial charge in [-0.05, 0) is 25.5 Å². The third kappa shape index (κ3) is 8.83.